The molecule has 3 nitrogen and oxygen atoms in total. The van der Waals surface area contributed by atoms with E-state index in [1.165, 1.54) is 0 Å². The highest BCUT2D eigenvalue weighted by atomic mass is 35.5. The molecule has 0 aliphatic heterocycles. The Kier molecular flexibility index (Phi) is 3.92. The van der Waals surface area contributed by atoms with Crippen LogP contribution in [0.25, 0.3) is 0 Å². The molecule has 0 aliphatic carbocycles. The van der Waals surface area contributed by atoms with E-state index >= 15 is 0 Å². The zero-order valence-electron chi connectivity index (χ0n) is 9.70. The van der Waals surface area contributed by atoms with Crippen LogP contribution in [-0.4, -0.2) is 16.1 Å². The Morgan fingerprint density at radius 1 is 1.62 bits per heavy atom. The van der Waals surface area contributed by atoms with Crippen LogP contribution in [0.15, 0.2) is 18.5 Å². The smallest absolute Gasteiger partial charge is 0.309 e. The highest BCUT2D eigenvalue weighted by Gasteiger charge is 2.37. The maximum atomic E-state index is 11.3. The molecule has 16 heavy (non-hydrogen) atoms. The van der Waals surface area contributed by atoms with Crippen molar-refractivity contribution >= 4 is 17.6 Å². The lowest BCUT2D eigenvalue weighted by Crippen LogP contribution is -2.35. The van der Waals surface area contributed by atoms with Crippen LogP contribution in [0.1, 0.15) is 26.3 Å². The summed E-state index contributed by atoms with van der Waals surface area (Å²) in [6, 6.07) is 1.77. The first-order chi connectivity index (χ1) is 7.38. The third kappa shape index (κ3) is 2.53. The molecule has 0 saturated heterocycles. The molecule has 0 radical (unpaired) electrons. The van der Waals surface area contributed by atoms with Gasteiger partial charge in [0, 0.05) is 12.4 Å². The normalized spacial score (nSPS) is 14.8. The summed E-state index contributed by atoms with van der Waals surface area (Å²) < 4.78 is 0. The van der Waals surface area contributed by atoms with Crippen LogP contribution < -0.4 is 0 Å². The molecule has 0 bridgehead atoms. The second-order valence-electron chi connectivity index (χ2n) is 4.52. The van der Waals surface area contributed by atoms with Gasteiger partial charge in [-0.3, -0.25) is 9.78 Å². The first kappa shape index (κ1) is 13.0. The van der Waals surface area contributed by atoms with Crippen molar-refractivity contribution in [3.05, 3.63) is 29.0 Å². The molecule has 1 rings (SSSR count). The Labute approximate surface area is 100 Å². The van der Waals surface area contributed by atoms with Gasteiger partial charge in [-0.2, -0.15) is 0 Å². The Balaban J connectivity index is 3.02. The van der Waals surface area contributed by atoms with Crippen LogP contribution in [0.5, 0.6) is 0 Å². The number of carboxylic acid groups (broad SMARTS) is 1. The van der Waals surface area contributed by atoms with Gasteiger partial charge in [0.15, 0.2) is 0 Å². The number of aliphatic carboxylic acids is 1. The zero-order valence-corrected chi connectivity index (χ0v) is 10.5. The van der Waals surface area contributed by atoms with Crippen molar-refractivity contribution in [2.24, 2.45) is 11.3 Å². The fourth-order valence-corrected chi connectivity index (χ4v) is 1.66. The van der Waals surface area contributed by atoms with Gasteiger partial charge in [-0.1, -0.05) is 25.4 Å². The molecule has 0 amide bonds. The Morgan fingerprint density at radius 3 is 2.69 bits per heavy atom. The van der Waals surface area contributed by atoms with Gasteiger partial charge in [-0.05, 0) is 30.9 Å². The molecule has 1 unspecified atom stereocenters. The molecule has 1 atom stereocenters. The number of aromatic nitrogens is 1. The summed E-state index contributed by atoms with van der Waals surface area (Å²) in [6.07, 6.45) is 3.59. The SMILES string of the molecule is CC(C)C(C)(Cc1ccncc1Cl)C(=O)O. The minimum atomic E-state index is -0.801. The van der Waals surface area contributed by atoms with E-state index in [2.05, 4.69) is 4.98 Å². The van der Waals surface area contributed by atoms with E-state index in [-0.39, 0.29) is 5.92 Å². The van der Waals surface area contributed by atoms with Gasteiger partial charge in [0.05, 0.1) is 10.4 Å². The summed E-state index contributed by atoms with van der Waals surface area (Å²) in [5.74, 6) is -0.760. The summed E-state index contributed by atoms with van der Waals surface area (Å²) in [6.45, 7) is 5.56. The van der Waals surface area contributed by atoms with Crippen LogP contribution >= 0.6 is 11.6 Å². The largest absolute Gasteiger partial charge is 0.481 e. The maximum Gasteiger partial charge on any atom is 0.309 e. The second-order valence-corrected chi connectivity index (χ2v) is 4.93. The summed E-state index contributed by atoms with van der Waals surface area (Å²) >= 11 is 5.98. The minimum absolute atomic E-state index is 0.0363. The van der Waals surface area contributed by atoms with Gasteiger partial charge in [0.1, 0.15) is 0 Å². The Morgan fingerprint density at radius 2 is 2.25 bits per heavy atom. The fraction of sp³-hybridized carbons (Fsp3) is 0.500. The molecule has 4 heteroatoms. The molecule has 1 aromatic heterocycles. The van der Waals surface area contributed by atoms with Crippen LogP contribution in [-0.2, 0) is 11.2 Å². The minimum Gasteiger partial charge on any atom is -0.481 e. The number of halogens is 1. The predicted octanol–water partition coefficient (Wildman–Crippen LogP) is 3.02. The lowest BCUT2D eigenvalue weighted by Gasteiger charge is -2.29. The summed E-state index contributed by atoms with van der Waals surface area (Å²) in [5, 5.41) is 9.82. The highest BCUT2D eigenvalue weighted by molar-refractivity contribution is 6.31. The molecule has 0 aromatic carbocycles. The van der Waals surface area contributed by atoms with Crippen molar-refractivity contribution in [3.8, 4) is 0 Å². The zero-order chi connectivity index (χ0) is 12.3. The van der Waals surface area contributed by atoms with Gasteiger partial charge < -0.3 is 5.11 Å². The number of hydrogen-bond donors (Lipinski definition) is 1. The van der Waals surface area contributed by atoms with Crippen LogP contribution in [0.2, 0.25) is 5.02 Å². The van der Waals surface area contributed by atoms with E-state index < -0.39 is 11.4 Å². The predicted molar refractivity (Wildman–Crippen MR) is 63.5 cm³/mol. The Bertz CT molecular complexity index is 392. The topological polar surface area (TPSA) is 50.2 Å². The van der Waals surface area contributed by atoms with Crippen molar-refractivity contribution in [2.75, 3.05) is 0 Å². The summed E-state index contributed by atoms with van der Waals surface area (Å²) in [5.41, 5.74) is 0.0283. The van der Waals surface area contributed by atoms with Crippen LogP contribution in [0.4, 0.5) is 0 Å². The van der Waals surface area contributed by atoms with Crippen molar-refractivity contribution < 1.29 is 9.90 Å². The van der Waals surface area contributed by atoms with Crippen LogP contribution in [0.3, 0.4) is 0 Å². The van der Waals surface area contributed by atoms with Gasteiger partial charge in [-0.15, -0.1) is 0 Å². The standard InChI is InChI=1S/C12H16ClNO2/c1-8(2)12(3,11(15)16)6-9-4-5-14-7-10(9)13/h4-5,7-8H,6H2,1-3H3,(H,15,16). The molecule has 1 heterocycles. The van der Waals surface area contributed by atoms with E-state index in [1.54, 1.807) is 25.4 Å². The molecule has 88 valence electrons. The third-order valence-corrected chi connectivity index (χ3v) is 3.52. The Hall–Kier alpha value is -1.09. The molecule has 0 spiro atoms. The monoisotopic (exact) mass is 241 g/mol. The average molecular weight is 242 g/mol. The summed E-state index contributed by atoms with van der Waals surface area (Å²) in [4.78, 5) is 15.2. The van der Waals surface area contributed by atoms with E-state index in [4.69, 9.17) is 11.6 Å². The molecular formula is C12H16ClNO2. The van der Waals surface area contributed by atoms with Crippen molar-refractivity contribution in [1.29, 1.82) is 0 Å². The molecule has 0 saturated carbocycles. The van der Waals surface area contributed by atoms with E-state index in [9.17, 15) is 9.90 Å². The highest BCUT2D eigenvalue weighted by Crippen LogP contribution is 2.33. The number of carbonyl (C=O) groups is 1. The quantitative estimate of drug-likeness (QED) is 0.882. The number of rotatable bonds is 4. The lowest BCUT2D eigenvalue weighted by molar-refractivity contribution is -0.150. The van der Waals surface area contributed by atoms with Gasteiger partial charge in [0.25, 0.3) is 0 Å². The molecular weight excluding hydrogens is 226 g/mol. The van der Waals surface area contributed by atoms with Gasteiger partial charge >= 0.3 is 5.97 Å². The maximum absolute atomic E-state index is 11.3. The molecule has 0 aliphatic rings. The fourth-order valence-electron chi connectivity index (χ4n) is 1.47. The molecule has 1 N–H and O–H groups in total. The van der Waals surface area contributed by atoms with Crippen molar-refractivity contribution in [2.45, 2.75) is 27.2 Å². The number of pyridine rings is 1. The first-order valence-corrected chi connectivity index (χ1v) is 5.57. The van der Waals surface area contributed by atoms with E-state index in [0.717, 1.165) is 5.56 Å². The number of carboxylic acids is 1. The number of nitrogens with zero attached hydrogens (tertiary/aromatic N) is 1. The lowest BCUT2D eigenvalue weighted by atomic mass is 9.74. The third-order valence-electron chi connectivity index (χ3n) is 3.18. The van der Waals surface area contributed by atoms with E-state index in [0.29, 0.717) is 11.4 Å². The molecule has 0 fully saturated rings. The number of hydrogen-bond acceptors (Lipinski definition) is 2. The van der Waals surface area contributed by atoms with Gasteiger partial charge in [0.2, 0.25) is 0 Å². The van der Waals surface area contributed by atoms with Gasteiger partial charge in [-0.25, -0.2) is 0 Å². The first-order valence-electron chi connectivity index (χ1n) is 5.19. The summed E-state index contributed by atoms with van der Waals surface area (Å²) in [7, 11) is 0. The second kappa shape index (κ2) is 4.83. The van der Waals surface area contributed by atoms with Crippen molar-refractivity contribution in [1.82, 2.24) is 4.98 Å². The van der Waals surface area contributed by atoms with E-state index in [1.807, 2.05) is 13.8 Å². The molecule has 1 aromatic rings. The average Bonchev–Trinajstić information content (AvgIpc) is 2.20. The van der Waals surface area contributed by atoms with Crippen molar-refractivity contribution in [3.63, 3.8) is 0 Å². The van der Waals surface area contributed by atoms with Crippen LogP contribution in [0, 0.1) is 11.3 Å².